The van der Waals surface area contributed by atoms with Gasteiger partial charge in [0.25, 0.3) is 10.0 Å². The first-order valence-electron chi connectivity index (χ1n) is 6.74. The van der Waals surface area contributed by atoms with Crippen LogP contribution in [0.15, 0.2) is 5.03 Å². The fraction of sp³-hybridized carbons (Fsp3) is 0.750. The lowest BCUT2D eigenvalue weighted by atomic mass is 10.1. The number of nitrogens with one attached hydrogen (secondary N) is 2. The number of nitrogens with zero attached hydrogens (tertiary/aromatic N) is 1. The number of rotatable bonds is 7. The van der Waals surface area contributed by atoms with Crippen LogP contribution in [0, 0.1) is 12.8 Å². The second-order valence-electron chi connectivity index (χ2n) is 5.24. The molecule has 108 valence electrons. The summed E-state index contributed by atoms with van der Waals surface area (Å²) in [5, 5.41) is 6.62. The van der Waals surface area contributed by atoms with Crippen LogP contribution >= 0.6 is 0 Å². The molecule has 1 unspecified atom stereocenters. The van der Waals surface area contributed by atoms with E-state index < -0.39 is 10.0 Å². The molecule has 1 aromatic heterocycles. The van der Waals surface area contributed by atoms with Crippen LogP contribution in [0.5, 0.6) is 0 Å². The average Bonchev–Trinajstić information content (AvgIpc) is 3.08. The van der Waals surface area contributed by atoms with Gasteiger partial charge in [-0.05, 0) is 25.7 Å². The predicted molar refractivity (Wildman–Crippen MR) is 73.0 cm³/mol. The fourth-order valence-electron chi connectivity index (χ4n) is 2.22. The lowest BCUT2D eigenvalue weighted by Gasteiger charge is -2.16. The van der Waals surface area contributed by atoms with Gasteiger partial charge < -0.3 is 5.73 Å². The summed E-state index contributed by atoms with van der Waals surface area (Å²) in [6, 6.07) is -0.0138. The van der Waals surface area contributed by atoms with E-state index in [4.69, 9.17) is 5.73 Å². The van der Waals surface area contributed by atoms with E-state index in [0.29, 0.717) is 17.2 Å². The van der Waals surface area contributed by atoms with Crippen molar-refractivity contribution in [3.8, 4) is 0 Å². The Morgan fingerprint density at radius 3 is 2.74 bits per heavy atom. The third-order valence-corrected chi connectivity index (χ3v) is 5.11. The quantitative estimate of drug-likeness (QED) is 0.697. The van der Waals surface area contributed by atoms with Crippen molar-refractivity contribution in [1.29, 1.82) is 0 Å². The first-order valence-corrected chi connectivity index (χ1v) is 8.22. The summed E-state index contributed by atoms with van der Waals surface area (Å²) in [5.41, 5.74) is 6.86. The lowest BCUT2D eigenvalue weighted by molar-refractivity contribution is 0.493. The van der Waals surface area contributed by atoms with Crippen LogP contribution in [0.3, 0.4) is 0 Å². The van der Waals surface area contributed by atoms with E-state index in [1.807, 2.05) is 6.92 Å². The van der Waals surface area contributed by atoms with Crippen LogP contribution in [-0.2, 0) is 16.6 Å². The Hall–Kier alpha value is -0.920. The van der Waals surface area contributed by atoms with Crippen LogP contribution in [0.25, 0.3) is 0 Å². The van der Waals surface area contributed by atoms with Gasteiger partial charge in [-0.25, -0.2) is 13.1 Å². The SMILES string of the molecule is CCC(CC1CC1)NS(=O)(=O)c1n[nH]c(C)c1CN. The highest BCUT2D eigenvalue weighted by molar-refractivity contribution is 7.89. The molecule has 1 saturated carbocycles. The smallest absolute Gasteiger partial charge is 0.260 e. The molecule has 1 fully saturated rings. The van der Waals surface area contributed by atoms with Crippen molar-refractivity contribution in [3.05, 3.63) is 11.3 Å². The minimum atomic E-state index is -3.58. The van der Waals surface area contributed by atoms with Crippen LogP contribution < -0.4 is 10.5 Å². The summed E-state index contributed by atoms with van der Waals surface area (Å²) >= 11 is 0. The molecule has 0 aliphatic heterocycles. The van der Waals surface area contributed by atoms with Crippen molar-refractivity contribution in [3.63, 3.8) is 0 Å². The van der Waals surface area contributed by atoms with Crippen LogP contribution in [0.2, 0.25) is 0 Å². The lowest BCUT2D eigenvalue weighted by Crippen LogP contribution is -2.35. The van der Waals surface area contributed by atoms with E-state index in [2.05, 4.69) is 14.9 Å². The first kappa shape index (κ1) is 14.5. The normalized spacial score (nSPS) is 17.6. The largest absolute Gasteiger partial charge is 0.326 e. The van der Waals surface area contributed by atoms with E-state index in [0.717, 1.165) is 12.8 Å². The van der Waals surface area contributed by atoms with E-state index >= 15 is 0 Å². The standard InChI is InChI=1S/C12H22N4O2S/c1-3-10(6-9-4-5-9)16-19(17,18)12-11(7-13)8(2)14-15-12/h9-10,16H,3-7,13H2,1-2H3,(H,14,15). The first-order chi connectivity index (χ1) is 8.97. The Morgan fingerprint density at radius 2 is 2.21 bits per heavy atom. The summed E-state index contributed by atoms with van der Waals surface area (Å²) in [5.74, 6) is 0.683. The van der Waals surface area contributed by atoms with Crippen molar-refractivity contribution in [2.45, 2.75) is 57.1 Å². The zero-order valence-electron chi connectivity index (χ0n) is 11.4. The molecule has 0 amide bonds. The molecule has 0 aromatic carbocycles. The maximum Gasteiger partial charge on any atom is 0.260 e. The molecule has 0 bridgehead atoms. The van der Waals surface area contributed by atoms with Gasteiger partial charge in [-0.2, -0.15) is 5.10 Å². The van der Waals surface area contributed by atoms with E-state index in [1.165, 1.54) is 12.8 Å². The van der Waals surface area contributed by atoms with Crippen molar-refractivity contribution in [1.82, 2.24) is 14.9 Å². The number of aromatic nitrogens is 2. The van der Waals surface area contributed by atoms with Gasteiger partial charge in [-0.15, -0.1) is 0 Å². The molecule has 1 aromatic rings. The molecule has 7 heteroatoms. The maximum atomic E-state index is 12.3. The van der Waals surface area contributed by atoms with Gasteiger partial charge >= 0.3 is 0 Å². The second-order valence-corrected chi connectivity index (χ2v) is 6.87. The summed E-state index contributed by atoms with van der Waals surface area (Å²) in [6.45, 7) is 3.93. The monoisotopic (exact) mass is 286 g/mol. The maximum absolute atomic E-state index is 12.3. The Kier molecular flexibility index (Phi) is 4.27. The number of sulfonamides is 1. The highest BCUT2D eigenvalue weighted by atomic mass is 32.2. The van der Waals surface area contributed by atoms with E-state index in [9.17, 15) is 8.42 Å². The van der Waals surface area contributed by atoms with E-state index in [-0.39, 0.29) is 17.6 Å². The van der Waals surface area contributed by atoms with Crippen molar-refractivity contribution < 1.29 is 8.42 Å². The van der Waals surface area contributed by atoms with Gasteiger partial charge in [0.15, 0.2) is 5.03 Å². The summed E-state index contributed by atoms with van der Waals surface area (Å²) in [4.78, 5) is 0. The van der Waals surface area contributed by atoms with Gasteiger partial charge in [-0.1, -0.05) is 19.8 Å². The molecule has 6 nitrogen and oxygen atoms in total. The van der Waals surface area contributed by atoms with Crippen LogP contribution in [-0.4, -0.2) is 24.7 Å². The fourth-order valence-corrected chi connectivity index (χ4v) is 3.76. The molecule has 4 N–H and O–H groups in total. The summed E-state index contributed by atoms with van der Waals surface area (Å²) in [7, 11) is -3.58. The van der Waals surface area contributed by atoms with Crippen LogP contribution in [0.1, 0.15) is 43.9 Å². The zero-order valence-corrected chi connectivity index (χ0v) is 12.3. The predicted octanol–water partition coefficient (Wildman–Crippen LogP) is 1.03. The molecule has 0 spiro atoms. The average molecular weight is 286 g/mol. The molecular formula is C12H22N4O2S. The number of aromatic amines is 1. The van der Waals surface area contributed by atoms with Crippen molar-refractivity contribution >= 4 is 10.0 Å². The Morgan fingerprint density at radius 1 is 1.53 bits per heavy atom. The van der Waals surface area contributed by atoms with Gasteiger partial charge in [-0.3, -0.25) is 5.10 Å². The third-order valence-electron chi connectivity index (χ3n) is 3.62. The minimum absolute atomic E-state index is 0.0138. The van der Waals surface area contributed by atoms with E-state index in [1.54, 1.807) is 6.92 Å². The van der Waals surface area contributed by atoms with Crippen molar-refractivity contribution in [2.24, 2.45) is 11.7 Å². The highest BCUT2D eigenvalue weighted by Crippen LogP contribution is 2.34. The molecule has 0 radical (unpaired) electrons. The number of hydrogen-bond donors (Lipinski definition) is 3. The molecular weight excluding hydrogens is 264 g/mol. The molecule has 19 heavy (non-hydrogen) atoms. The van der Waals surface area contributed by atoms with Gasteiger partial charge in [0.05, 0.1) is 0 Å². The molecule has 1 aliphatic rings. The molecule has 2 rings (SSSR count). The molecule has 1 heterocycles. The second kappa shape index (κ2) is 5.60. The van der Waals surface area contributed by atoms with Gasteiger partial charge in [0, 0.05) is 23.8 Å². The van der Waals surface area contributed by atoms with Gasteiger partial charge in [0.1, 0.15) is 0 Å². The highest BCUT2D eigenvalue weighted by Gasteiger charge is 2.29. The Balaban J connectivity index is 2.15. The van der Waals surface area contributed by atoms with Gasteiger partial charge in [0.2, 0.25) is 0 Å². The zero-order chi connectivity index (χ0) is 14.0. The third kappa shape index (κ3) is 3.34. The molecule has 0 saturated heterocycles. The Labute approximate surface area is 114 Å². The van der Waals surface area contributed by atoms with Crippen molar-refractivity contribution in [2.75, 3.05) is 0 Å². The Bertz CT molecular complexity index is 534. The molecule has 1 aliphatic carbocycles. The van der Waals surface area contributed by atoms with Crippen LogP contribution in [0.4, 0.5) is 0 Å². The number of nitrogens with two attached hydrogens (primary N) is 1. The number of hydrogen-bond acceptors (Lipinski definition) is 4. The number of H-pyrrole nitrogens is 1. The molecule has 1 atom stereocenters. The number of aryl methyl sites for hydroxylation is 1. The summed E-state index contributed by atoms with van der Waals surface area (Å²) in [6.07, 6.45) is 4.13. The topological polar surface area (TPSA) is 101 Å². The summed E-state index contributed by atoms with van der Waals surface area (Å²) < 4.78 is 27.4. The minimum Gasteiger partial charge on any atom is -0.326 e.